The molecule has 0 bridgehead atoms. The highest BCUT2D eigenvalue weighted by atomic mass is 32.1. The zero-order valence-corrected chi connectivity index (χ0v) is 18.0. The zero-order valence-electron chi connectivity index (χ0n) is 16.2. The third kappa shape index (κ3) is 5.10. The third-order valence-electron chi connectivity index (χ3n) is 4.52. The summed E-state index contributed by atoms with van der Waals surface area (Å²) in [5.41, 5.74) is 1.99. The standard InChI is InChI=1S/C18H23N2O7PS/c1-11-5-4-6-13-10-25-28(26-15(11)13)27-18(22,23)14(24-3)7-8-20-9-12(2)16(21)19-17(20)29/h4-6,9,14,22-23H,7-8,10H2,1-3H3,(H,19,21,29). The van der Waals surface area contributed by atoms with Gasteiger partial charge in [-0.3, -0.25) is 14.3 Å². The fourth-order valence-corrected chi connectivity index (χ4v) is 4.27. The van der Waals surface area contributed by atoms with Crippen LogP contribution in [0.25, 0.3) is 0 Å². The number of methoxy groups -OCH3 is 1. The van der Waals surface area contributed by atoms with Crippen molar-refractivity contribution in [2.24, 2.45) is 0 Å². The molecule has 29 heavy (non-hydrogen) atoms. The van der Waals surface area contributed by atoms with Gasteiger partial charge in [-0.15, -0.1) is 0 Å². The molecule has 2 heterocycles. The molecule has 1 aromatic heterocycles. The van der Waals surface area contributed by atoms with Crippen molar-refractivity contribution in [3.63, 3.8) is 0 Å². The highest BCUT2D eigenvalue weighted by Gasteiger charge is 2.42. The van der Waals surface area contributed by atoms with Crippen LogP contribution in [0.3, 0.4) is 0 Å². The topological polar surface area (TPSA) is 115 Å². The van der Waals surface area contributed by atoms with E-state index in [0.29, 0.717) is 11.3 Å². The van der Waals surface area contributed by atoms with Crippen molar-refractivity contribution >= 4 is 20.8 Å². The van der Waals surface area contributed by atoms with Crippen molar-refractivity contribution in [2.45, 2.75) is 45.5 Å². The number of aliphatic hydroxyl groups is 2. The van der Waals surface area contributed by atoms with Crippen molar-refractivity contribution in [2.75, 3.05) is 7.11 Å². The van der Waals surface area contributed by atoms with Crippen LogP contribution in [0.4, 0.5) is 0 Å². The van der Waals surface area contributed by atoms with E-state index in [9.17, 15) is 15.0 Å². The molecule has 0 spiro atoms. The molecular formula is C18H23N2O7PS. The van der Waals surface area contributed by atoms with Crippen LogP contribution in [0.2, 0.25) is 0 Å². The Morgan fingerprint density at radius 1 is 1.38 bits per heavy atom. The number of H-pyrrole nitrogens is 1. The minimum Gasteiger partial charge on any atom is -0.426 e. The lowest BCUT2D eigenvalue weighted by atomic mass is 10.1. The summed E-state index contributed by atoms with van der Waals surface area (Å²) in [5, 5.41) is 20.9. The molecule has 2 unspecified atom stereocenters. The SMILES string of the molecule is COC(CCn1cc(C)c(=O)[nH]c1=S)C(O)(O)OP1OCc2cccc(C)c2O1. The van der Waals surface area contributed by atoms with Crippen LogP contribution in [0.1, 0.15) is 23.1 Å². The van der Waals surface area contributed by atoms with Crippen LogP contribution in [0, 0.1) is 18.6 Å². The van der Waals surface area contributed by atoms with Gasteiger partial charge in [-0.05, 0) is 38.0 Å². The Hall–Kier alpha value is -1.65. The van der Waals surface area contributed by atoms with Gasteiger partial charge < -0.3 is 24.0 Å². The summed E-state index contributed by atoms with van der Waals surface area (Å²) >= 11 is 5.13. The molecule has 0 saturated heterocycles. The number of benzene rings is 1. The zero-order chi connectivity index (χ0) is 21.2. The van der Waals surface area contributed by atoms with Crippen LogP contribution >= 0.6 is 20.8 Å². The molecule has 0 aliphatic carbocycles. The molecule has 0 amide bonds. The van der Waals surface area contributed by atoms with Gasteiger partial charge in [0.05, 0.1) is 6.61 Å². The molecule has 9 nitrogen and oxygen atoms in total. The van der Waals surface area contributed by atoms with Gasteiger partial charge in [0.15, 0.2) is 4.77 Å². The molecule has 11 heteroatoms. The van der Waals surface area contributed by atoms with E-state index in [1.807, 2.05) is 25.1 Å². The summed E-state index contributed by atoms with van der Waals surface area (Å²) in [4.78, 5) is 14.1. The van der Waals surface area contributed by atoms with E-state index >= 15 is 0 Å². The quantitative estimate of drug-likeness (QED) is 0.340. The first-order valence-electron chi connectivity index (χ1n) is 8.88. The van der Waals surface area contributed by atoms with Crippen molar-refractivity contribution in [1.82, 2.24) is 9.55 Å². The lowest BCUT2D eigenvalue weighted by Gasteiger charge is -2.33. The molecular weight excluding hydrogens is 419 g/mol. The number of nitrogens with zero attached hydrogens (tertiary/aromatic N) is 1. The maximum absolute atomic E-state index is 11.6. The monoisotopic (exact) mass is 442 g/mol. The van der Waals surface area contributed by atoms with E-state index in [1.165, 1.54) is 7.11 Å². The summed E-state index contributed by atoms with van der Waals surface area (Å²) in [6.45, 7) is 4.05. The Morgan fingerprint density at radius 2 is 2.14 bits per heavy atom. The van der Waals surface area contributed by atoms with Gasteiger partial charge in [-0.25, -0.2) is 4.52 Å². The molecule has 1 aliphatic heterocycles. The number of hydrogen-bond donors (Lipinski definition) is 3. The van der Waals surface area contributed by atoms with Crippen molar-refractivity contribution in [3.05, 3.63) is 56.2 Å². The van der Waals surface area contributed by atoms with Crippen LogP contribution in [-0.2, 0) is 26.9 Å². The number of aromatic nitrogens is 2. The second-order valence-corrected chi connectivity index (χ2v) is 8.14. The minimum atomic E-state index is -2.65. The first-order chi connectivity index (χ1) is 13.7. The van der Waals surface area contributed by atoms with E-state index in [2.05, 4.69) is 4.98 Å². The average molecular weight is 442 g/mol. The maximum Gasteiger partial charge on any atom is 0.402 e. The predicted octanol–water partition coefficient (Wildman–Crippen LogP) is 2.42. The highest BCUT2D eigenvalue weighted by molar-refractivity contribution is 7.71. The second kappa shape index (κ2) is 9.01. The number of ether oxygens (including phenoxy) is 1. The molecule has 0 radical (unpaired) electrons. The average Bonchev–Trinajstić information content (AvgIpc) is 2.66. The Labute approximate surface area is 173 Å². The first-order valence-corrected chi connectivity index (χ1v) is 10.4. The number of aromatic amines is 1. The third-order valence-corrected chi connectivity index (χ3v) is 5.94. The first kappa shape index (κ1) is 22.0. The Morgan fingerprint density at radius 3 is 2.86 bits per heavy atom. The second-order valence-electron chi connectivity index (χ2n) is 6.68. The molecule has 0 saturated carbocycles. The van der Waals surface area contributed by atoms with E-state index in [0.717, 1.165) is 11.1 Å². The van der Waals surface area contributed by atoms with Gasteiger partial charge in [0.1, 0.15) is 11.9 Å². The normalized spacial score (nSPS) is 17.5. The summed E-state index contributed by atoms with van der Waals surface area (Å²) in [6.07, 6.45) is 0.620. The van der Waals surface area contributed by atoms with Gasteiger partial charge in [0.25, 0.3) is 5.56 Å². The molecule has 1 aromatic carbocycles. The van der Waals surface area contributed by atoms with Crippen molar-refractivity contribution in [1.29, 1.82) is 0 Å². The predicted molar refractivity (Wildman–Crippen MR) is 108 cm³/mol. The van der Waals surface area contributed by atoms with Gasteiger partial charge in [0.2, 0.25) is 0 Å². The molecule has 2 aromatic rings. The van der Waals surface area contributed by atoms with Gasteiger partial charge in [-0.2, -0.15) is 0 Å². The smallest absolute Gasteiger partial charge is 0.402 e. The van der Waals surface area contributed by atoms with Crippen molar-refractivity contribution in [3.8, 4) is 5.75 Å². The molecule has 0 fully saturated rings. The van der Waals surface area contributed by atoms with Gasteiger partial charge in [-0.1, -0.05) is 18.2 Å². The molecule has 1 aliphatic rings. The van der Waals surface area contributed by atoms with Gasteiger partial charge >= 0.3 is 14.6 Å². The van der Waals surface area contributed by atoms with Crippen LogP contribution in [0.15, 0.2) is 29.2 Å². The minimum absolute atomic E-state index is 0.141. The number of aryl methyl sites for hydroxylation is 3. The van der Waals surface area contributed by atoms with E-state index in [-0.39, 0.29) is 29.9 Å². The Kier molecular flexibility index (Phi) is 6.85. The fraction of sp³-hybridized carbons (Fsp3) is 0.444. The van der Waals surface area contributed by atoms with Crippen LogP contribution in [0.5, 0.6) is 5.75 Å². The Bertz CT molecular complexity index is 991. The van der Waals surface area contributed by atoms with Gasteiger partial charge in [0, 0.05) is 31.0 Å². The van der Waals surface area contributed by atoms with Crippen LogP contribution in [-0.4, -0.2) is 39.0 Å². The lowest BCUT2D eigenvalue weighted by Crippen LogP contribution is -2.46. The molecule has 2 atom stereocenters. The summed E-state index contributed by atoms with van der Waals surface area (Å²) in [6, 6.07) is 5.65. The highest BCUT2D eigenvalue weighted by Crippen LogP contribution is 2.50. The molecule has 3 rings (SSSR count). The number of hydrogen-bond acceptors (Lipinski definition) is 8. The van der Waals surface area contributed by atoms with E-state index < -0.39 is 20.7 Å². The molecule has 3 N–H and O–H groups in total. The summed E-state index contributed by atoms with van der Waals surface area (Å²) < 4.78 is 23.6. The van der Waals surface area contributed by atoms with Crippen LogP contribution < -0.4 is 10.1 Å². The Balaban J connectivity index is 1.67. The number of rotatable bonds is 7. The van der Waals surface area contributed by atoms with E-state index in [4.69, 9.17) is 30.5 Å². The lowest BCUT2D eigenvalue weighted by molar-refractivity contribution is -0.345. The van der Waals surface area contributed by atoms with E-state index in [1.54, 1.807) is 17.7 Å². The number of fused-ring (bicyclic) bond motifs is 1. The fourth-order valence-electron chi connectivity index (χ4n) is 2.89. The number of para-hydroxylation sites is 1. The largest absolute Gasteiger partial charge is 0.426 e. The summed E-state index contributed by atoms with van der Waals surface area (Å²) in [5.74, 6) is -2.04. The van der Waals surface area contributed by atoms with Crippen molar-refractivity contribution < 1.29 is 28.5 Å². The molecule has 158 valence electrons. The maximum atomic E-state index is 11.6. The summed E-state index contributed by atoms with van der Waals surface area (Å²) in [7, 11) is -0.701. The number of nitrogens with one attached hydrogen (secondary N) is 1.